The molecular formula is C45H29N5. The summed E-state index contributed by atoms with van der Waals surface area (Å²) < 4.78 is 4.59. The molecule has 0 saturated heterocycles. The summed E-state index contributed by atoms with van der Waals surface area (Å²) in [6.07, 6.45) is 0. The molecule has 10 rings (SSSR count). The van der Waals surface area contributed by atoms with Gasteiger partial charge in [-0.05, 0) is 53.6 Å². The van der Waals surface area contributed by atoms with Crippen LogP contribution in [0.3, 0.4) is 0 Å². The van der Waals surface area contributed by atoms with Crippen LogP contribution in [0.4, 0.5) is 0 Å². The van der Waals surface area contributed by atoms with Gasteiger partial charge in [-0.2, -0.15) is 9.97 Å². The Morgan fingerprint density at radius 1 is 0.320 bits per heavy atom. The van der Waals surface area contributed by atoms with Gasteiger partial charge in [-0.3, -0.25) is 4.57 Å². The highest BCUT2D eigenvalue weighted by atomic mass is 15.2. The van der Waals surface area contributed by atoms with Crippen molar-refractivity contribution in [3.8, 4) is 45.5 Å². The average Bonchev–Trinajstić information content (AvgIpc) is 3.71. The summed E-state index contributed by atoms with van der Waals surface area (Å²) in [5.74, 6) is 1.85. The van der Waals surface area contributed by atoms with Gasteiger partial charge in [0.15, 0.2) is 11.6 Å². The first-order chi connectivity index (χ1) is 24.8. The largest absolute Gasteiger partial charge is 0.309 e. The molecule has 0 saturated carbocycles. The van der Waals surface area contributed by atoms with Gasteiger partial charge in [-0.15, -0.1) is 0 Å². The summed E-state index contributed by atoms with van der Waals surface area (Å²) in [6, 6.07) is 61.4. The third-order valence-corrected chi connectivity index (χ3v) is 9.57. The van der Waals surface area contributed by atoms with Crippen LogP contribution in [-0.2, 0) is 0 Å². The van der Waals surface area contributed by atoms with E-state index in [0.717, 1.165) is 44.3 Å². The van der Waals surface area contributed by atoms with Crippen molar-refractivity contribution < 1.29 is 0 Å². The van der Waals surface area contributed by atoms with Crippen LogP contribution in [-0.4, -0.2) is 24.1 Å². The Hall–Kier alpha value is -6.85. The van der Waals surface area contributed by atoms with E-state index in [9.17, 15) is 0 Å². The molecule has 234 valence electrons. The van der Waals surface area contributed by atoms with Crippen LogP contribution in [0.1, 0.15) is 0 Å². The van der Waals surface area contributed by atoms with Crippen LogP contribution in [0.2, 0.25) is 0 Å². The van der Waals surface area contributed by atoms with Crippen LogP contribution in [0.5, 0.6) is 0 Å². The molecule has 7 aromatic carbocycles. The Morgan fingerprint density at radius 2 is 0.800 bits per heavy atom. The molecular weight excluding hydrogens is 611 g/mol. The summed E-state index contributed by atoms with van der Waals surface area (Å²) >= 11 is 0. The van der Waals surface area contributed by atoms with Gasteiger partial charge in [-0.25, -0.2) is 4.98 Å². The maximum Gasteiger partial charge on any atom is 0.238 e. The molecule has 5 heteroatoms. The quantitative estimate of drug-likeness (QED) is 0.188. The molecule has 3 heterocycles. The van der Waals surface area contributed by atoms with Gasteiger partial charge in [0.25, 0.3) is 0 Å². The number of benzene rings is 7. The van der Waals surface area contributed by atoms with Crippen LogP contribution in [0.15, 0.2) is 176 Å². The Kier molecular flexibility index (Phi) is 6.42. The zero-order chi connectivity index (χ0) is 33.0. The summed E-state index contributed by atoms with van der Waals surface area (Å²) in [6.45, 7) is 0. The lowest BCUT2D eigenvalue weighted by atomic mass is 10.0. The molecule has 0 N–H and O–H groups in total. The predicted molar refractivity (Wildman–Crippen MR) is 205 cm³/mol. The van der Waals surface area contributed by atoms with E-state index in [1.807, 2.05) is 60.7 Å². The van der Waals surface area contributed by atoms with E-state index in [0.29, 0.717) is 17.6 Å². The Morgan fingerprint density at radius 3 is 1.44 bits per heavy atom. The van der Waals surface area contributed by atoms with Gasteiger partial charge in [0.2, 0.25) is 5.95 Å². The van der Waals surface area contributed by atoms with Crippen LogP contribution in [0, 0.1) is 0 Å². The molecule has 0 spiro atoms. The molecule has 0 unspecified atom stereocenters. The number of nitrogens with zero attached hydrogens (tertiary/aromatic N) is 5. The smallest absolute Gasteiger partial charge is 0.238 e. The third kappa shape index (κ3) is 4.45. The average molecular weight is 640 g/mol. The summed E-state index contributed by atoms with van der Waals surface area (Å²) in [7, 11) is 0. The standard InChI is InChI=1S/C45H29N5/c1-5-15-30(16-6-1)33-25-26-38-36(29-33)42-39(49(38)34-21-11-4-12-22-34)27-28-40-41(42)35-23-13-14-24-37(35)50(40)45-47-43(31-17-7-2-8-18-31)46-44(48-45)32-19-9-3-10-20-32/h1-29H. The molecule has 5 nitrogen and oxygen atoms in total. The minimum atomic E-state index is 0.583. The van der Waals surface area contributed by atoms with Crippen LogP contribution >= 0.6 is 0 Å². The number of aromatic nitrogens is 5. The summed E-state index contributed by atoms with van der Waals surface area (Å²) in [5.41, 5.74) is 9.78. The van der Waals surface area contributed by atoms with Crippen LogP contribution in [0.25, 0.3) is 89.2 Å². The van der Waals surface area contributed by atoms with Crippen molar-refractivity contribution in [3.05, 3.63) is 176 Å². The van der Waals surface area contributed by atoms with Crippen molar-refractivity contribution in [3.63, 3.8) is 0 Å². The monoisotopic (exact) mass is 639 g/mol. The lowest BCUT2D eigenvalue weighted by Gasteiger charge is -2.11. The second-order valence-corrected chi connectivity index (χ2v) is 12.5. The van der Waals surface area contributed by atoms with Gasteiger partial charge < -0.3 is 4.57 Å². The second-order valence-electron chi connectivity index (χ2n) is 12.5. The van der Waals surface area contributed by atoms with E-state index < -0.39 is 0 Å². The second kappa shape index (κ2) is 11.4. The van der Waals surface area contributed by atoms with Gasteiger partial charge in [0, 0.05) is 38.4 Å². The van der Waals surface area contributed by atoms with Crippen molar-refractivity contribution in [2.24, 2.45) is 0 Å². The van der Waals surface area contributed by atoms with Crippen molar-refractivity contribution >= 4 is 43.6 Å². The van der Waals surface area contributed by atoms with Gasteiger partial charge in [0.05, 0.1) is 22.1 Å². The number of fused-ring (bicyclic) bond motifs is 7. The lowest BCUT2D eigenvalue weighted by molar-refractivity contribution is 0.953. The zero-order valence-electron chi connectivity index (χ0n) is 27.0. The van der Waals surface area contributed by atoms with E-state index in [2.05, 4.69) is 124 Å². The van der Waals surface area contributed by atoms with E-state index in [4.69, 9.17) is 15.0 Å². The number of hydrogen-bond acceptors (Lipinski definition) is 3. The molecule has 0 amide bonds. The van der Waals surface area contributed by atoms with Gasteiger partial charge >= 0.3 is 0 Å². The molecule has 0 fully saturated rings. The van der Waals surface area contributed by atoms with E-state index in [1.165, 1.54) is 27.3 Å². The fourth-order valence-electron chi connectivity index (χ4n) is 7.35. The summed E-state index contributed by atoms with van der Waals surface area (Å²) in [4.78, 5) is 15.3. The first kappa shape index (κ1) is 28.2. The molecule has 50 heavy (non-hydrogen) atoms. The van der Waals surface area contributed by atoms with Crippen molar-refractivity contribution in [2.75, 3.05) is 0 Å². The highest BCUT2D eigenvalue weighted by Crippen LogP contribution is 2.43. The van der Waals surface area contributed by atoms with Crippen molar-refractivity contribution in [1.29, 1.82) is 0 Å². The van der Waals surface area contributed by atoms with Crippen molar-refractivity contribution in [2.45, 2.75) is 0 Å². The normalized spacial score (nSPS) is 11.6. The minimum absolute atomic E-state index is 0.583. The molecule has 0 aliphatic heterocycles. The lowest BCUT2D eigenvalue weighted by Crippen LogP contribution is -2.06. The maximum absolute atomic E-state index is 5.16. The highest BCUT2D eigenvalue weighted by molar-refractivity contribution is 6.29. The zero-order valence-corrected chi connectivity index (χ0v) is 27.0. The number of hydrogen-bond donors (Lipinski definition) is 0. The molecule has 3 aromatic heterocycles. The van der Waals surface area contributed by atoms with E-state index in [-0.39, 0.29) is 0 Å². The van der Waals surface area contributed by atoms with E-state index >= 15 is 0 Å². The van der Waals surface area contributed by atoms with Gasteiger partial charge in [0.1, 0.15) is 0 Å². The van der Waals surface area contributed by atoms with Crippen LogP contribution < -0.4 is 0 Å². The summed E-state index contributed by atoms with van der Waals surface area (Å²) in [5, 5.41) is 4.72. The third-order valence-electron chi connectivity index (χ3n) is 9.57. The first-order valence-electron chi connectivity index (χ1n) is 16.8. The fraction of sp³-hybridized carbons (Fsp3) is 0. The highest BCUT2D eigenvalue weighted by Gasteiger charge is 2.23. The molecule has 0 aliphatic rings. The van der Waals surface area contributed by atoms with Crippen molar-refractivity contribution in [1.82, 2.24) is 24.1 Å². The van der Waals surface area contributed by atoms with E-state index in [1.54, 1.807) is 0 Å². The Bertz CT molecular complexity index is 2780. The number of para-hydroxylation sites is 2. The molecule has 0 radical (unpaired) electrons. The molecule has 0 bridgehead atoms. The minimum Gasteiger partial charge on any atom is -0.309 e. The molecule has 0 aliphatic carbocycles. The Balaban J connectivity index is 1.33. The topological polar surface area (TPSA) is 48.5 Å². The molecule has 0 atom stereocenters. The maximum atomic E-state index is 5.16. The molecule has 10 aromatic rings. The Labute approximate surface area is 288 Å². The fourth-order valence-corrected chi connectivity index (χ4v) is 7.35. The SMILES string of the molecule is c1ccc(-c2ccc3c(c2)c2c4c5ccccc5n(-c5nc(-c6ccccc6)nc(-c6ccccc6)n5)c4ccc2n3-c2ccccc2)cc1. The predicted octanol–water partition coefficient (Wildman–Crippen LogP) is 11.1. The number of rotatable bonds is 5. The van der Waals surface area contributed by atoms with Gasteiger partial charge in [-0.1, -0.05) is 133 Å². The first-order valence-corrected chi connectivity index (χ1v) is 16.8.